The van der Waals surface area contributed by atoms with Gasteiger partial charge in [0.2, 0.25) is 11.9 Å². The molecule has 0 atom stereocenters. The van der Waals surface area contributed by atoms with Crippen molar-refractivity contribution in [3.05, 3.63) is 51.7 Å². The first-order valence-corrected chi connectivity index (χ1v) is 10.5. The summed E-state index contributed by atoms with van der Waals surface area (Å²) in [6.45, 7) is 7.97. The predicted molar refractivity (Wildman–Crippen MR) is 119 cm³/mol. The van der Waals surface area contributed by atoms with Crippen molar-refractivity contribution in [2.45, 2.75) is 40.5 Å². The molecule has 0 fully saturated rings. The number of benzene rings is 1. The largest absolute Gasteiger partial charge is 0.366 e. The minimum absolute atomic E-state index is 0.0893. The number of aromatic nitrogens is 5. The number of carbonyl (C=O) groups excluding carboxylic acids is 1. The molecule has 0 aliphatic rings. The smallest absolute Gasteiger partial charge is 0.254 e. The van der Waals surface area contributed by atoms with E-state index in [1.54, 1.807) is 4.52 Å². The van der Waals surface area contributed by atoms with Crippen LogP contribution in [0.4, 0.5) is 11.1 Å². The summed E-state index contributed by atoms with van der Waals surface area (Å²) in [7, 11) is 0. The molecule has 1 aromatic carbocycles. The van der Waals surface area contributed by atoms with Crippen LogP contribution in [0, 0.1) is 27.7 Å². The third-order valence-electron chi connectivity index (χ3n) is 5.08. The van der Waals surface area contributed by atoms with Crippen LogP contribution in [-0.4, -0.2) is 30.5 Å². The normalized spacial score (nSPS) is 11.2. The number of aryl methyl sites for hydroxylation is 4. The zero-order valence-corrected chi connectivity index (χ0v) is 18.2. The molecule has 0 aliphatic heterocycles. The fourth-order valence-corrected chi connectivity index (χ4v) is 4.29. The molecule has 0 saturated heterocycles. The fourth-order valence-electron chi connectivity index (χ4n) is 3.56. The van der Waals surface area contributed by atoms with E-state index in [9.17, 15) is 4.79 Å². The Hall–Kier alpha value is -3.33. The Bertz CT molecular complexity index is 1260. The maximum atomic E-state index is 12.5. The molecule has 3 heterocycles. The SMILES string of the molecule is Cc1ccc(-c2csc(NC(=O)CCc3c(C)nc4nc(N)nn4c3C)n2)c(C)c1. The highest BCUT2D eigenvalue weighted by atomic mass is 32.1. The number of nitrogens with one attached hydrogen (secondary N) is 1. The maximum Gasteiger partial charge on any atom is 0.254 e. The molecular weight excluding hydrogens is 398 g/mol. The van der Waals surface area contributed by atoms with E-state index >= 15 is 0 Å². The second-order valence-corrected chi connectivity index (χ2v) is 8.21. The zero-order chi connectivity index (χ0) is 21.4. The summed E-state index contributed by atoms with van der Waals surface area (Å²) in [6.07, 6.45) is 0.860. The lowest BCUT2D eigenvalue weighted by atomic mass is 10.0. The van der Waals surface area contributed by atoms with E-state index in [0.717, 1.165) is 28.2 Å². The highest BCUT2D eigenvalue weighted by Gasteiger charge is 2.15. The van der Waals surface area contributed by atoms with Crippen LogP contribution in [0.5, 0.6) is 0 Å². The number of hydrogen-bond acceptors (Lipinski definition) is 7. The Morgan fingerprint density at radius 3 is 2.73 bits per heavy atom. The van der Waals surface area contributed by atoms with Gasteiger partial charge < -0.3 is 11.1 Å². The van der Waals surface area contributed by atoms with Gasteiger partial charge in [0.05, 0.1) is 5.69 Å². The van der Waals surface area contributed by atoms with Crippen LogP contribution in [-0.2, 0) is 11.2 Å². The quantitative estimate of drug-likeness (QED) is 0.509. The standard InChI is InChI=1S/C21H23N7OS/c1-11-5-6-15(12(2)9-11)17-10-30-21(24-17)25-18(29)8-7-16-13(3)23-20-26-19(22)27-28(20)14(16)4/h5-6,9-10H,7-8H2,1-4H3,(H2,22,27)(H,24,25,29). The molecule has 30 heavy (non-hydrogen) atoms. The number of nitrogens with two attached hydrogens (primary N) is 1. The molecular formula is C21H23N7OS. The number of hydrogen-bond donors (Lipinski definition) is 2. The van der Waals surface area contributed by atoms with Crippen molar-refractivity contribution >= 4 is 34.1 Å². The van der Waals surface area contributed by atoms with Gasteiger partial charge in [0.1, 0.15) is 0 Å². The lowest BCUT2D eigenvalue weighted by Gasteiger charge is -2.10. The second-order valence-electron chi connectivity index (χ2n) is 7.35. The fraction of sp³-hybridized carbons (Fsp3) is 0.286. The summed E-state index contributed by atoms with van der Waals surface area (Å²) in [5, 5.41) is 9.64. The molecule has 0 bridgehead atoms. The molecule has 4 rings (SSSR count). The third-order valence-corrected chi connectivity index (χ3v) is 5.83. The third kappa shape index (κ3) is 3.88. The van der Waals surface area contributed by atoms with Crippen molar-refractivity contribution in [3.63, 3.8) is 0 Å². The second kappa shape index (κ2) is 7.83. The first kappa shape index (κ1) is 20.0. The van der Waals surface area contributed by atoms with Gasteiger partial charge >= 0.3 is 0 Å². The molecule has 0 spiro atoms. The number of thiazole rings is 1. The van der Waals surface area contributed by atoms with Crippen molar-refractivity contribution in [1.82, 2.24) is 24.6 Å². The lowest BCUT2D eigenvalue weighted by molar-refractivity contribution is -0.116. The van der Waals surface area contributed by atoms with E-state index in [1.807, 2.05) is 19.2 Å². The van der Waals surface area contributed by atoms with E-state index < -0.39 is 0 Å². The van der Waals surface area contributed by atoms with Gasteiger partial charge in [-0.3, -0.25) is 4.79 Å². The first-order valence-electron chi connectivity index (χ1n) is 9.63. The molecule has 0 radical (unpaired) electrons. The molecule has 0 saturated carbocycles. The van der Waals surface area contributed by atoms with Crippen LogP contribution in [0.2, 0.25) is 0 Å². The molecule has 3 aromatic heterocycles. The van der Waals surface area contributed by atoms with Crippen molar-refractivity contribution < 1.29 is 4.79 Å². The average molecular weight is 422 g/mol. The summed E-state index contributed by atoms with van der Waals surface area (Å²) in [4.78, 5) is 25.6. The van der Waals surface area contributed by atoms with Crippen molar-refractivity contribution in [2.75, 3.05) is 11.1 Å². The molecule has 9 heteroatoms. The van der Waals surface area contributed by atoms with Crippen LogP contribution in [0.3, 0.4) is 0 Å². The highest BCUT2D eigenvalue weighted by molar-refractivity contribution is 7.14. The number of amides is 1. The summed E-state index contributed by atoms with van der Waals surface area (Å²) in [5.41, 5.74) is 12.7. The molecule has 8 nitrogen and oxygen atoms in total. The number of carbonyl (C=O) groups is 1. The Kier molecular flexibility index (Phi) is 5.21. The summed E-state index contributed by atoms with van der Waals surface area (Å²) < 4.78 is 1.62. The van der Waals surface area contributed by atoms with Crippen LogP contribution < -0.4 is 11.1 Å². The van der Waals surface area contributed by atoms with Crippen LogP contribution in [0.1, 0.15) is 34.5 Å². The molecule has 154 valence electrons. The van der Waals surface area contributed by atoms with Crippen molar-refractivity contribution in [1.29, 1.82) is 0 Å². The molecule has 3 N–H and O–H groups in total. The van der Waals surface area contributed by atoms with Gasteiger partial charge in [-0.05, 0) is 45.2 Å². The Morgan fingerprint density at radius 1 is 1.17 bits per heavy atom. The Morgan fingerprint density at radius 2 is 1.97 bits per heavy atom. The van der Waals surface area contributed by atoms with E-state index in [2.05, 4.69) is 57.4 Å². The average Bonchev–Trinajstić information content (AvgIpc) is 3.27. The van der Waals surface area contributed by atoms with Gasteiger partial charge in [-0.15, -0.1) is 16.4 Å². The number of nitrogen functional groups attached to an aromatic ring is 1. The van der Waals surface area contributed by atoms with Gasteiger partial charge in [-0.25, -0.2) is 9.97 Å². The van der Waals surface area contributed by atoms with Crippen molar-refractivity contribution in [3.8, 4) is 11.3 Å². The number of nitrogens with zero attached hydrogens (tertiary/aromatic N) is 5. The van der Waals surface area contributed by atoms with Gasteiger partial charge in [0.25, 0.3) is 5.78 Å². The van der Waals surface area contributed by atoms with Crippen LogP contribution in [0.25, 0.3) is 17.0 Å². The summed E-state index contributed by atoms with van der Waals surface area (Å²) >= 11 is 1.43. The number of fused-ring (bicyclic) bond motifs is 1. The van der Waals surface area contributed by atoms with Gasteiger partial charge in [0.15, 0.2) is 5.13 Å². The maximum absolute atomic E-state index is 12.5. The van der Waals surface area contributed by atoms with Gasteiger partial charge in [-0.1, -0.05) is 23.8 Å². The molecule has 0 unspecified atom stereocenters. The summed E-state index contributed by atoms with van der Waals surface area (Å²) in [6, 6.07) is 6.26. The Balaban J connectivity index is 1.45. The zero-order valence-electron chi connectivity index (χ0n) is 17.4. The van der Waals surface area contributed by atoms with E-state index in [0.29, 0.717) is 23.8 Å². The monoisotopic (exact) mass is 421 g/mol. The Labute approximate surface area is 178 Å². The van der Waals surface area contributed by atoms with E-state index in [1.165, 1.54) is 22.5 Å². The van der Waals surface area contributed by atoms with E-state index in [-0.39, 0.29) is 11.9 Å². The number of rotatable bonds is 5. The molecule has 4 aromatic rings. The van der Waals surface area contributed by atoms with E-state index in [4.69, 9.17) is 5.73 Å². The summed E-state index contributed by atoms with van der Waals surface area (Å²) in [5.74, 6) is 0.564. The van der Waals surface area contributed by atoms with Crippen LogP contribution >= 0.6 is 11.3 Å². The topological polar surface area (TPSA) is 111 Å². The highest BCUT2D eigenvalue weighted by Crippen LogP contribution is 2.28. The lowest BCUT2D eigenvalue weighted by Crippen LogP contribution is -2.14. The predicted octanol–water partition coefficient (Wildman–Crippen LogP) is 3.63. The molecule has 1 amide bonds. The van der Waals surface area contributed by atoms with Crippen LogP contribution in [0.15, 0.2) is 23.6 Å². The van der Waals surface area contributed by atoms with Crippen molar-refractivity contribution in [2.24, 2.45) is 0 Å². The number of anilines is 2. The van der Waals surface area contributed by atoms with Gasteiger partial charge in [-0.2, -0.15) is 9.50 Å². The van der Waals surface area contributed by atoms with Gasteiger partial charge in [0, 0.05) is 28.8 Å². The minimum atomic E-state index is -0.0893. The minimum Gasteiger partial charge on any atom is -0.366 e. The molecule has 0 aliphatic carbocycles. The first-order chi connectivity index (χ1) is 14.3.